The van der Waals surface area contributed by atoms with Crippen molar-refractivity contribution >= 4 is 10.8 Å². The Labute approximate surface area is 151 Å². The number of aromatic nitrogens is 3. The largest absolute Gasteiger partial charge is 0.281 e. The quantitative estimate of drug-likeness (QED) is 0.567. The van der Waals surface area contributed by atoms with Crippen LogP contribution < -0.4 is 5.56 Å². The molecule has 1 N–H and O–H groups in total. The lowest BCUT2D eigenvalue weighted by Gasteiger charge is -2.14. The summed E-state index contributed by atoms with van der Waals surface area (Å²) in [6, 6.07) is 19.4. The zero-order chi connectivity index (χ0) is 17.9. The van der Waals surface area contributed by atoms with Gasteiger partial charge in [0.25, 0.3) is 5.56 Å². The van der Waals surface area contributed by atoms with Crippen LogP contribution in [0.5, 0.6) is 0 Å². The molecule has 2 heterocycles. The van der Waals surface area contributed by atoms with Gasteiger partial charge in [0.1, 0.15) is 5.69 Å². The molecule has 0 fully saturated rings. The maximum atomic E-state index is 13.4. The summed E-state index contributed by atoms with van der Waals surface area (Å²) in [6.45, 7) is 2.06. The Balaban J connectivity index is 2.00. The van der Waals surface area contributed by atoms with Gasteiger partial charge in [0.15, 0.2) is 0 Å². The number of aromatic amines is 1. The van der Waals surface area contributed by atoms with Crippen molar-refractivity contribution < 1.29 is 0 Å². The Morgan fingerprint density at radius 3 is 2.62 bits per heavy atom. The summed E-state index contributed by atoms with van der Waals surface area (Å²) in [5, 5.41) is 8.27. The molecule has 0 spiro atoms. The second-order valence-corrected chi connectivity index (χ2v) is 5.96. The van der Waals surface area contributed by atoms with Crippen molar-refractivity contribution in [2.24, 2.45) is 0 Å². The zero-order valence-corrected chi connectivity index (χ0v) is 14.4. The highest BCUT2D eigenvalue weighted by molar-refractivity contribution is 5.88. The number of para-hydroxylation sites is 1. The van der Waals surface area contributed by atoms with Crippen LogP contribution in [0.4, 0.5) is 0 Å². The average molecular weight is 339 g/mol. The lowest BCUT2D eigenvalue weighted by Crippen LogP contribution is -2.22. The molecule has 26 heavy (non-hydrogen) atoms. The van der Waals surface area contributed by atoms with E-state index < -0.39 is 0 Å². The lowest BCUT2D eigenvalue weighted by atomic mass is 10.0. The normalized spacial score (nSPS) is 10.5. The van der Waals surface area contributed by atoms with Crippen LogP contribution in [0.2, 0.25) is 0 Å². The van der Waals surface area contributed by atoms with E-state index in [0.29, 0.717) is 5.39 Å². The number of nitrogens with zero attached hydrogens (tertiary/aromatic N) is 2. The zero-order valence-electron chi connectivity index (χ0n) is 14.4. The molecule has 0 saturated carbocycles. The standard InChI is InChI=1S/C22H17N3O/c1-2-19-15-17-8-6-7-16(11-12-18-13-14-23-24-18)21(17)22(26)25(19)20-9-4-3-5-10-20/h3-10,13-15H,2H2,1H3,(H,23,24). The van der Waals surface area contributed by atoms with Crippen LogP contribution in [0.3, 0.4) is 0 Å². The number of H-pyrrole nitrogens is 1. The molecule has 0 aliphatic carbocycles. The minimum atomic E-state index is -0.0416. The Kier molecular flexibility index (Phi) is 4.12. The fourth-order valence-electron chi connectivity index (χ4n) is 3.10. The predicted molar refractivity (Wildman–Crippen MR) is 103 cm³/mol. The van der Waals surface area contributed by atoms with Crippen LogP contribution in [-0.4, -0.2) is 14.8 Å². The molecular formula is C22H17N3O. The Hall–Kier alpha value is -3.58. The van der Waals surface area contributed by atoms with Crippen molar-refractivity contribution in [3.63, 3.8) is 0 Å². The van der Waals surface area contributed by atoms with Crippen molar-refractivity contribution in [3.05, 3.63) is 94.2 Å². The summed E-state index contributed by atoms with van der Waals surface area (Å²) >= 11 is 0. The van der Waals surface area contributed by atoms with E-state index in [0.717, 1.165) is 34.4 Å². The molecule has 4 rings (SSSR count). The third-order valence-corrected chi connectivity index (χ3v) is 4.33. The molecule has 0 radical (unpaired) electrons. The van der Waals surface area contributed by atoms with Crippen LogP contribution in [0.1, 0.15) is 23.9 Å². The number of nitrogens with one attached hydrogen (secondary N) is 1. The molecule has 0 amide bonds. The summed E-state index contributed by atoms with van der Waals surface area (Å²) in [5.74, 6) is 6.14. The molecule has 4 aromatic rings. The fraction of sp³-hybridized carbons (Fsp3) is 0.0909. The molecule has 4 heteroatoms. The van der Waals surface area contributed by atoms with Gasteiger partial charge in [-0.25, -0.2) is 0 Å². The summed E-state index contributed by atoms with van der Waals surface area (Å²) in [7, 11) is 0. The van der Waals surface area contributed by atoms with Crippen LogP contribution in [-0.2, 0) is 6.42 Å². The van der Waals surface area contributed by atoms with E-state index in [4.69, 9.17) is 0 Å². The maximum Gasteiger partial charge on any atom is 0.264 e. The van der Waals surface area contributed by atoms with Crippen molar-refractivity contribution in [1.29, 1.82) is 0 Å². The fourth-order valence-corrected chi connectivity index (χ4v) is 3.10. The van der Waals surface area contributed by atoms with E-state index in [1.807, 2.05) is 48.5 Å². The van der Waals surface area contributed by atoms with E-state index in [1.165, 1.54) is 0 Å². The highest BCUT2D eigenvalue weighted by Gasteiger charge is 2.12. The Bertz CT molecular complexity index is 1180. The van der Waals surface area contributed by atoms with Gasteiger partial charge in [-0.15, -0.1) is 0 Å². The van der Waals surface area contributed by atoms with Gasteiger partial charge in [-0.3, -0.25) is 14.5 Å². The summed E-state index contributed by atoms with van der Waals surface area (Å²) in [4.78, 5) is 13.4. The minimum absolute atomic E-state index is 0.0416. The number of aryl methyl sites for hydroxylation is 1. The molecule has 2 aromatic heterocycles. The summed E-state index contributed by atoms with van der Waals surface area (Å²) in [6.07, 6.45) is 2.42. The minimum Gasteiger partial charge on any atom is -0.281 e. The van der Waals surface area contributed by atoms with Crippen LogP contribution in [0.15, 0.2) is 71.7 Å². The average Bonchev–Trinajstić information content (AvgIpc) is 3.20. The predicted octanol–water partition coefficient (Wildman–Crippen LogP) is 3.68. The number of fused-ring (bicyclic) bond motifs is 1. The molecule has 0 unspecified atom stereocenters. The highest BCUT2D eigenvalue weighted by atomic mass is 16.1. The van der Waals surface area contributed by atoms with Crippen molar-refractivity contribution in [2.45, 2.75) is 13.3 Å². The van der Waals surface area contributed by atoms with Crippen molar-refractivity contribution in [3.8, 4) is 17.5 Å². The molecule has 126 valence electrons. The Morgan fingerprint density at radius 1 is 1.04 bits per heavy atom. The summed E-state index contributed by atoms with van der Waals surface area (Å²) < 4.78 is 1.78. The third kappa shape index (κ3) is 2.80. The second-order valence-electron chi connectivity index (χ2n) is 5.96. The van der Waals surface area contributed by atoms with Crippen LogP contribution >= 0.6 is 0 Å². The number of hydrogen-bond acceptors (Lipinski definition) is 2. The molecule has 4 nitrogen and oxygen atoms in total. The van der Waals surface area contributed by atoms with E-state index in [1.54, 1.807) is 16.8 Å². The summed E-state index contributed by atoms with van der Waals surface area (Å²) in [5.41, 5.74) is 3.24. The molecule has 0 aliphatic heterocycles. The first-order valence-electron chi connectivity index (χ1n) is 8.52. The number of benzene rings is 2. The first-order chi connectivity index (χ1) is 12.8. The van der Waals surface area contributed by atoms with E-state index in [-0.39, 0.29) is 5.56 Å². The second kappa shape index (κ2) is 6.73. The first kappa shape index (κ1) is 15.9. The lowest BCUT2D eigenvalue weighted by molar-refractivity contribution is 0.889. The number of hydrogen-bond donors (Lipinski definition) is 1. The third-order valence-electron chi connectivity index (χ3n) is 4.33. The number of pyridine rings is 1. The van der Waals surface area contributed by atoms with Gasteiger partial charge in [0, 0.05) is 23.1 Å². The molecular weight excluding hydrogens is 322 g/mol. The van der Waals surface area contributed by atoms with Gasteiger partial charge >= 0.3 is 0 Å². The molecule has 0 bridgehead atoms. The highest BCUT2D eigenvalue weighted by Crippen LogP contribution is 2.19. The number of rotatable bonds is 2. The van der Waals surface area contributed by atoms with Gasteiger partial charge in [0.2, 0.25) is 0 Å². The smallest absolute Gasteiger partial charge is 0.264 e. The van der Waals surface area contributed by atoms with Gasteiger partial charge < -0.3 is 0 Å². The maximum absolute atomic E-state index is 13.4. The molecule has 0 saturated heterocycles. The van der Waals surface area contributed by atoms with E-state index in [2.05, 4.69) is 35.0 Å². The topological polar surface area (TPSA) is 50.7 Å². The van der Waals surface area contributed by atoms with Crippen LogP contribution in [0, 0.1) is 11.8 Å². The van der Waals surface area contributed by atoms with Gasteiger partial charge in [-0.05, 0) is 48.1 Å². The van der Waals surface area contributed by atoms with E-state index >= 15 is 0 Å². The first-order valence-corrected chi connectivity index (χ1v) is 8.52. The van der Waals surface area contributed by atoms with Gasteiger partial charge in [-0.2, -0.15) is 5.10 Å². The van der Waals surface area contributed by atoms with E-state index in [9.17, 15) is 4.79 Å². The van der Waals surface area contributed by atoms with Gasteiger partial charge in [0.05, 0.1) is 5.39 Å². The van der Waals surface area contributed by atoms with Crippen molar-refractivity contribution in [2.75, 3.05) is 0 Å². The van der Waals surface area contributed by atoms with Crippen molar-refractivity contribution in [1.82, 2.24) is 14.8 Å². The molecule has 2 aromatic carbocycles. The molecule has 0 atom stereocenters. The SMILES string of the molecule is CCc1cc2cccc(C#Cc3ccn[nH]3)c2c(=O)n1-c1ccccc1. The van der Waals surface area contributed by atoms with Gasteiger partial charge in [-0.1, -0.05) is 43.2 Å². The van der Waals surface area contributed by atoms with Crippen LogP contribution in [0.25, 0.3) is 16.5 Å². The monoisotopic (exact) mass is 339 g/mol. The molecule has 0 aliphatic rings. The Morgan fingerprint density at radius 2 is 1.88 bits per heavy atom.